The van der Waals surface area contributed by atoms with Gasteiger partial charge in [-0.05, 0) is 49.6 Å². The molecule has 2 N–H and O–H groups in total. The van der Waals surface area contributed by atoms with Gasteiger partial charge in [-0.3, -0.25) is 14.2 Å². The zero-order valence-corrected chi connectivity index (χ0v) is 26.6. The highest BCUT2D eigenvalue weighted by molar-refractivity contribution is 7.89. The average Bonchev–Trinajstić information content (AvgIpc) is 3.50. The van der Waals surface area contributed by atoms with Crippen molar-refractivity contribution in [2.45, 2.75) is 49.3 Å². The maximum absolute atomic E-state index is 14.4. The number of hydrogen-bond donors (Lipinski definition) is 2. The van der Waals surface area contributed by atoms with Crippen molar-refractivity contribution in [3.05, 3.63) is 83.0 Å². The van der Waals surface area contributed by atoms with Gasteiger partial charge in [-0.25, -0.2) is 28.3 Å². The lowest BCUT2D eigenvalue weighted by Gasteiger charge is -2.39. The van der Waals surface area contributed by atoms with Crippen LogP contribution in [0.5, 0.6) is 0 Å². The predicted molar refractivity (Wildman–Crippen MR) is 168 cm³/mol. The second kappa shape index (κ2) is 11.8. The van der Waals surface area contributed by atoms with Crippen LogP contribution in [0.4, 0.5) is 11.6 Å². The van der Waals surface area contributed by atoms with E-state index in [0.29, 0.717) is 12.1 Å². The molecular weight excluding hydrogens is 641 g/mol. The Balaban J connectivity index is 1.42. The number of imidazole rings is 1. The van der Waals surface area contributed by atoms with Crippen LogP contribution < -0.4 is 10.2 Å². The number of nitrogens with one attached hydrogen (secondary N) is 1. The lowest BCUT2D eigenvalue weighted by Crippen LogP contribution is -2.59. The number of carbonyl (C=O) groups is 2. The highest BCUT2D eigenvalue weighted by atomic mass is 35.5. The van der Waals surface area contributed by atoms with Gasteiger partial charge in [-0.15, -0.1) is 0 Å². The molecule has 0 spiro atoms. The number of nitrogens with zero attached hydrogens (tertiary/aromatic N) is 6. The molecule has 45 heavy (non-hydrogen) atoms. The van der Waals surface area contributed by atoms with Crippen LogP contribution >= 0.6 is 23.2 Å². The first kappa shape index (κ1) is 31.1. The van der Waals surface area contributed by atoms with Crippen LogP contribution in [0.2, 0.25) is 10.0 Å². The van der Waals surface area contributed by atoms with E-state index in [-0.39, 0.29) is 40.6 Å². The van der Waals surface area contributed by atoms with Crippen molar-refractivity contribution >= 4 is 56.7 Å². The summed E-state index contributed by atoms with van der Waals surface area (Å²) in [4.78, 5) is 41.1. The molecule has 4 aromatic rings. The number of aliphatic hydroxyl groups is 1. The molecule has 15 heteroatoms. The Labute approximate surface area is 269 Å². The largest absolute Gasteiger partial charge is 0.394 e. The number of rotatable bonds is 9. The molecule has 0 radical (unpaired) electrons. The van der Waals surface area contributed by atoms with E-state index in [9.17, 15) is 23.1 Å². The van der Waals surface area contributed by atoms with Gasteiger partial charge in [0.05, 0.1) is 18.5 Å². The number of carbonyl (C=O) groups excluding carboxylic acids is 2. The van der Waals surface area contributed by atoms with Crippen molar-refractivity contribution in [1.82, 2.24) is 29.1 Å². The van der Waals surface area contributed by atoms with Crippen LogP contribution in [0.15, 0.2) is 72.4 Å². The Morgan fingerprint density at radius 3 is 2.36 bits per heavy atom. The van der Waals surface area contributed by atoms with Crippen LogP contribution in [-0.4, -0.2) is 74.4 Å². The number of halogens is 2. The fraction of sp³-hybridized carbons (Fsp3) is 0.300. The van der Waals surface area contributed by atoms with Gasteiger partial charge in [0.1, 0.15) is 17.9 Å². The van der Waals surface area contributed by atoms with Gasteiger partial charge in [0, 0.05) is 47.0 Å². The van der Waals surface area contributed by atoms with Gasteiger partial charge in [-0.1, -0.05) is 47.5 Å². The molecule has 4 heterocycles. The number of amides is 2. The molecule has 0 bridgehead atoms. The number of benzene rings is 2. The first-order valence-corrected chi connectivity index (χ1v) is 16.3. The Bertz CT molecular complexity index is 1870. The topological polar surface area (TPSA) is 151 Å². The van der Waals surface area contributed by atoms with Crippen molar-refractivity contribution in [2.75, 3.05) is 18.1 Å². The summed E-state index contributed by atoms with van der Waals surface area (Å²) in [6.45, 7) is 3.10. The molecule has 6 rings (SSSR count). The van der Waals surface area contributed by atoms with Gasteiger partial charge in [0.2, 0.25) is 11.9 Å². The van der Waals surface area contributed by atoms with E-state index < -0.39 is 39.5 Å². The molecule has 0 aliphatic carbocycles. The summed E-state index contributed by atoms with van der Waals surface area (Å²) in [5.41, 5.74) is 1.34. The molecular formula is C30H29Cl2N7O5S. The molecule has 2 aliphatic rings. The standard InChI is InChI=1S/C30H29Cl2N7O5S/c1-18(16-40)36-27(41)25-7-8-37(25)45(43,44)26-15-35-29-38(24-10-22(31)9-23(32)11-24)28(42)30(2,39(26)29)12-19-3-5-20(6-4-19)21-13-33-17-34-14-21/h3-6,9-11,13-15,17-18,25,40H,7-8,12,16H2,1-2H3,(H,36,41)/t18-,25-,30+/m0/s1. The number of anilines is 2. The molecule has 0 saturated carbocycles. The van der Waals surface area contributed by atoms with E-state index in [1.807, 2.05) is 24.3 Å². The van der Waals surface area contributed by atoms with Gasteiger partial charge in [-0.2, -0.15) is 4.31 Å². The Morgan fingerprint density at radius 2 is 1.76 bits per heavy atom. The van der Waals surface area contributed by atoms with E-state index in [0.717, 1.165) is 21.0 Å². The lowest BCUT2D eigenvalue weighted by atomic mass is 9.91. The molecule has 2 amide bonds. The van der Waals surface area contributed by atoms with Crippen LogP contribution in [0.3, 0.4) is 0 Å². The van der Waals surface area contributed by atoms with Crippen molar-refractivity contribution in [3.63, 3.8) is 0 Å². The molecule has 12 nitrogen and oxygen atoms in total. The highest BCUT2D eigenvalue weighted by Gasteiger charge is 2.54. The van der Waals surface area contributed by atoms with Crippen LogP contribution in [0, 0.1) is 0 Å². The van der Waals surface area contributed by atoms with Crippen molar-refractivity contribution in [3.8, 4) is 11.1 Å². The van der Waals surface area contributed by atoms with Crippen LogP contribution in [0.1, 0.15) is 25.8 Å². The normalized spacial score (nSPS) is 20.5. The first-order valence-electron chi connectivity index (χ1n) is 14.1. The summed E-state index contributed by atoms with van der Waals surface area (Å²) in [7, 11) is -4.31. The zero-order chi connectivity index (χ0) is 32.1. The maximum atomic E-state index is 14.4. The third kappa shape index (κ3) is 5.48. The van der Waals surface area contributed by atoms with Crippen molar-refractivity contribution in [2.24, 2.45) is 0 Å². The van der Waals surface area contributed by atoms with E-state index in [1.54, 1.807) is 38.4 Å². The minimum absolute atomic E-state index is 0.0768. The lowest BCUT2D eigenvalue weighted by molar-refractivity contribution is -0.128. The van der Waals surface area contributed by atoms with Crippen molar-refractivity contribution < 1.29 is 23.1 Å². The number of aliphatic hydroxyl groups excluding tert-OH is 1. The number of aromatic nitrogens is 4. The van der Waals surface area contributed by atoms with Crippen LogP contribution in [-0.2, 0) is 31.6 Å². The fourth-order valence-electron chi connectivity index (χ4n) is 5.69. The summed E-state index contributed by atoms with van der Waals surface area (Å²) in [6.07, 6.45) is 6.47. The van der Waals surface area contributed by atoms with Crippen molar-refractivity contribution in [1.29, 1.82) is 0 Å². The third-order valence-corrected chi connectivity index (χ3v) is 10.4. The van der Waals surface area contributed by atoms with Gasteiger partial charge in [0.25, 0.3) is 15.9 Å². The summed E-state index contributed by atoms with van der Waals surface area (Å²) in [5.74, 6) is -0.867. The van der Waals surface area contributed by atoms with Crippen LogP contribution in [0.25, 0.3) is 11.1 Å². The maximum Gasteiger partial charge on any atom is 0.261 e. The summed E-state index contributed by atoms with van der Waals surface area (Å²) >= 11 is 12.6. The molecule has 0 unspecified atom stereocenters. The smallest absolute Gasteiger partial charge is 0.261 e. The molecule has 3 atom stereocenters. The highest BCUT2D eigenvalue weighted by Crippen LogP contribution is 2.45. The fourth-order valence-corrected chi connectivity index (χ4v) is 8.03. The minimum Gasteiger partial charge on any atom is -0.394 e. The molecule has 1 fully saturated rings. The zero-order valence-electron chi connectivity index (χ0n) is 24.3. The minimum atomic E-state index is -4.31. The summed E-state index contributed by atoms with van der Waals surface area (Å²) in [6, 6.07) is 10.6. The Hall–Kier alpha value is -3.88. The SMILES string of the molecule is C[C@@H](CO)NC(=O)[C@@H]1CCN1S(=O)(=O)c1cnc2n1[C@](C)(Cc1ccc(-c3cncnc3)cc1)C(=O)N2c1cc(Cl)cc(Cl)c1. The Kier molecular flexibility index (Phi) is 8.16. The summed E-state index contributed by atoms with van der Waals surface area (Å²) in [5, 5.41) is 12.3. The van der Waals surface area contributed by atoms with E-state index in [2.05, 4.69) is 20.3 Å². The third-order valence-electron chi connectivity index (χ3n) is 8.08. The molecule has 2 aromatic carbocycles. The van der Waals surface area contributed by atoms with E-state index in [4.69, 9.17) is 23.2 Å². The van der Waals surface area contributed by atoms with E-state index >= 15 is 0 Å². The molecule has 2 aliphatic heterocycles. The second-order valence-corrected chi connectivity index (χ2v) is 14.0. The van der Waals surface area contributed by atoms with Gasteiger partial charge in [0.15, 0.2) is 5.03 Å². The first-order chi connectivity index (χ1) is 21.4. The van der Waals surface area contributed by atoms with E-state index in [1.165, 1.54) is 28.1 Å². The second-order valence-electron chi connectivity index (χ2n) is 11.3. The summed E-state index contributed by atoms with van der Waals surface area (Å²) < 4.78 is 30.8. The quantitative estimate of drug-likeness (QED) is 0.275. The monoisotopic (exact) mass is 669 g/mol. The number of sulfonamides is 1. The Morgan fingerprint density at radius 1 is 1.09 bits per heavy atom. The van der Waals surface area contributed by atoms with Gasteiger partial charge >= 0.3 is 0 Å². The molecule has 2 aromatic heterocycles. The average molecular weight is 671 g/mol. The molecule has 1 saturated heterocycles. The predicted octanol–water partition coefficient (Wildman–Crippen LogP) is 3.54. The number of hydrogen-bond acceptors (Lipinski definition) is 8. The molecule has 234 valence electrons. The van der Waals surface area contributed by atoms with Gasteiger partial charge < -0.3 is 10.4 Å². The number of fused-ring (bicyclic) bond motifs is 1.